The fraction of sp³-hybridized carbons (Fsp3) is 0.588. The predicted octanol–water partition coefficient (Wildman–Crippen LogP) is 2.91. The summed E-state index contributed by atoms with van der Waals surface area (Å²) in [7, 11) is 0. The molecule has 1 aliphatic heterocycles. The minimum atomic E-state index is 0.271. The van der Waals surface area contributed by atoms with Gasteiger partial charge in [0.15, 0.2) is 0 Å². The zero-order chi connectivity index (χ0) is 15.1. The molecule has 1 heterocycles. The van der Waals surface area contributed by atoms with E-state index in [-0.39, 0.29) is 11.9 Å². The highest BCUT2D eigenvalue weighted by Crippen LogP contribution is 2.16. The zero-order valence-corrected chi connectivity index (χ0v) is 13.9. The lowest BCUT2D eigenvalue weighted by atomic mass is 10.1. The van der Waals surface area contributed by atoms with Crippen LogP contribution in [0.5, 0.6) is 0 Å². The largest absolute Gasteiger partial charge is 0.336 e. The molecule has 0 bridgehead atoms. The molecule has 1 saturated heterocycles. The molecule has 1 aromatic rings. The van der Waals surface area contributed by atoms with Gasteiger partial charge in [-0.2, -0.15) is 11.8 Å². The van der Waals surface area contributed by atoms with E-state index < -0.39 is 0 Å². The van der Waals surface area contributed by atoms with Crippen molar-refractivity contribution in [2.45, 2.75) is 45.3 Å². The lowest BCUT2D eigenvalue weighted by Gasteiger charge is -2.31. The summed E-state index contributed by atoms with van der Waals surface area (Å²) in [6, 6.07) is 10.9. The van der Waals surface area contributed by atoms with E-state index in [1.165, 1.54) is 5.56 Å². The molecule has 0 aromatic heterocycles. The highest BCUT2D eigenvalue weighted by molar-refractivity contribution is 7.99. The number of amides is 1. The fourth-order valence-electron chi connectivity index (χ4n) is 2.57. The van der Waals surface area contributed by atoms with Gasteiger partial charge in [0.05, 0.1) is 0 Å². The molecule has 4 heteroatoms. The fourth-order valence-corrected chi connectivity index (χ4v) is 3.52. The van der Waals surface area contributed by atoms with Gasteiger partial charge in [0.25, 0.3) is 0 Å². The predicted molar refractivity (Wildman–Crippen MR) is 90.5 cm³/mol. The Morgan fingerprint density at radius 2 is 2.19 bits per heavy atom. The molecule has 2 atom stereocenters. The lowest BCUT2D eigenvalue weighted by Crippen LogP contribution is -2.44. The van der Waals surface area contributed by atoms with Crippen molar-refractivity contribution in [3.63, 3.8) is 0 Å². The SMILES string of the molecule is CCC(C)N(Cc1ccccc1)C(=O)CC1CSCCN1. The highest BCUT2D eigenvalue weighted by atomic mass is 32.2. The number of hydrogen-bond donors (Lipinski definition) is 1. The quantitative estimate of drug-likeness (QED) is 0.877. The molecule has 1 aliphatic rings. The topological polar surface area (TPSA) is 32.3 Å². The summed E-state index contributed by atoms with van der Waals surface area (Å²) in [4.78, 5) is 14.7. The molecule has 116 valence electrons. The Kier molecular flexibility index (Phi) is 6.58. The van der Waals surface area contributed by atoms with Gasteiger partial charge in [0.1, 0.15) is 0 Å². The van der Waals surface area contributed by atoms with E-state index in [9.17, 15) is 4.79 Å². The first kappa shape index (κ1) is 16.4. The van der Waals surface area contributed by atoms with Crippen LogP contribution in [0.25, 0.3) is 0 Å². The second-order valence-electron chi connectivity index (χ2n) is 5.69. The molecule has 1 N–H and O–H groups in total. The minimum Gasteiger partial charge on any atom is -0.336 e. The molecule has 2 unspecified atom stereocenters. The van der Waals surface area contributed by atoms with Crippen LogP contribution in [0.1, 0.15) is 32.3 Å². The Hall–Kier alpha value is -1.00. The van der Waals surface area contributed by atoms with Crippen LogP contribution in [-0.2, 0) is 11.3 Å². The average molecular weight is 306 g/mol. The van der Waals surface area contributed by atoms with Gasteiger partial charge in [-0.15, -0.1) is 0 Å². The molecule has 1 amide bonds. The van der Waals surface area contributed by atoms with Gasteiger partial charge in [-0.3, -0.25) is 4.79 Å². The number of benzene rings is 1. The van der Waals surface area contributed by atoms with Crippen LogP contribution < -0.4 is 5.32 Å². The third kappa shape index (κ3) is 5.04. The molecule has 0 spiro atoms. The Morgan fingerprint density at radius 3 is 2.81 bits per heavy atom. The summed E-state index contributed by atoms with van der Waals surface area (Å²) in [5.41, 5.74) is 1.21. The van der Waals surface area contributed by atoms with Crippen molar-refractivity contribution in [1.82, 2.24) is 10.2 Å². The van der Waals surface area contributed by atoms with Crippen molar-refractivity contribution in [1.29, 1.82) is 0 Å². The summed E-state index contributed by atoms with van der Waals surface area (Å²) < 4.78 is 0. The number of nitrogens with zero attached hydrogens (tertiary/aromatic N) is 1. The Balaban J connectivity index is 1.99. The van der Waals surface area contributed by atoms with Crippen molar-refractivity contribution in [3.8, 4) is 0 Å². The lowest BCUT2D eigenvalue weighted by molar-refractivity contribution is -0.134. The van der Waals surface area contributed by atoms with E-state index in [1.54, 1.807) is 0 Å². The Labute approximate surface area is 132 Å². The van der Waals surface area contributed by atoms with Gasteiger partial charge in [-0.1, -0.05) is 37.3 Å². The number of nitrogens with one attached hydrogen (secondary N) is 1. The van der Waals surface area contributed by atoms with E-state index in [1.807, 2.05) is 34.9 Å². The van der Waals surface area contributed by atoms with Gasteiger partial charge < -0.3 is 10.2 Å². The van der Waals surface area contributed by atoms with Crippen molar-refractivity contribution >= 4 is 17.7 Å². The number of thioether (sulfide) groups is 1. The highest BCUT2D eigenvalue weighted by Gasteiger charge is 2.23. The van der Waals surface area contributed by atoms with Crippen LogP contribution >= 0.6 is 11.8 Å². The molecule has 2 rings (SSSR count). The summed E-state index contributed by atoms with van der Waals surface area (Å²) in [6.45, 7) is 6.02. The van der Waals surface area contributed by atoms with Crippen LogP contribution in [0.2, 0.25) is 0 Å². The summed E-state index contributed by atoms with van der Waals surface area (Å²) in [5.74, 6) is 2.48. The molecule has 0 saturated carbocycles. The molecule has 3 nitrogen and oxygen atoms in total. The summed E-state index contributed by atoms with van der Waals surface area (Å²) in [6.07, 6.45) is 1.61. The van der Waals surface area contributed by atoms with E-state index in [0.717, 1.165) is 24.5 Å². The number of rotatable bonds is 6. The van der Waals surface area contributed by atoms with Gasteiger partial charge in [-0.25, -0.2) is 0 Å². The van der Waals surface area contributed by atoms with E-state index in [0.29, 0.717) is 19.0 Å². The number of hydrogen-bond acceptors (Lipinski definition) is 3. The summed E-state index contributed by atoms with van der Waals surface area (Å²) in [5, 5.41) is 3.46. The van der Waals surface area contributed by atoms with Crippen molar-refractivity contribution in [3.05, 3.63) is 35.9 Å². The first-order chi connectivity index (χ1) is 10.2. The van der Waals surface area contributed by atoms with E-state index in [4.69, 9.17) is 0 Å². The number of carbonyl (C=O) groups excluding carboxylic acids is 1. The third-order valence-corrected chi connectivity index (χ3v) is 5.19. The zero-order valence-electron chi connectivity index (χ0n) is 13.0. The Morgan fingerprint density at radius 1 is 1.43 bits per heavy atom. The van der Waals surface area contributed by atoms with Crippen LogP contribution in [0.3, 0.4) is 0 Å². The van der Waals surface area contributed by atoms with Gasteiger partial charge in [0, 0.05) is 43.1 Å². The smallest absolute Gasteiger partial charge is 0.224 e. The van der Waals surface area contributed by atoms with Crippen LogP contribution in [0, 0.1) is 0 Å². The molecular formula is C17H26N2OS. The molecular weight excluding hydrogens is 280 g/mol. The first-order valence-electron chi connectivity index (χ1n) is 7.85. The molecule has 0 radical (unpaired) electrons. The van der Waals surface area contributed by atoms with Gasteiger partial charge in [-0.05, 0) is 18.9 Å². The minimum absolute atomic E-state index is 0.271. The standard InChI is InChI=1S/C17H26N2OS/c1-3-14(2)19(12-15-7-5-4-6-8-15)17(20)11-16-13-21-10-9-18-16/h4-8,14,16,18H,3,9-13H2,1-2H3. The molecule has 1 fully saturated rings. The molecule has 0 aliphatic carbocycles. The van der Waals surface area contributed by atoms with Crippen molar-refractivity contribution < 1.29 is 4.79 Å². The van der Waals surface area contributed by atoms with Crippen molar-refractivity contribution in [2.75, 3.05) is 18.1 Å². The second kappa shape index (κ2) is 8.44. The maximum absolute atomic E-state index is 12.7. The first-order valence-corrected chi connectivity index (χ1v) is 9.00. The van der Waals surface area contributed by atoms with Crippen LogP contribution in [-0.4, -0.2) is 40.9 Å². The summed E-state index contributed by atoms with van der Waals surface area (Å²) >= 11 is 1.94. The average Bonchev–Trinajstić information content (AvgIpc) is 2.53. The number of carbonyl (C=O) groups is 1. The third-order valence-electron chi connectivity index (χ3n) is 4.06. The van der Waals surface area contributed by atoms with Gasteiger partial charge >= 0.3 is 0 Å². The maximum Gasteiger partial charge on any atom is 0.224 e. The normalized spacial score (nSPS) is 20.0. The maximum atomic E-state index is 12.7. The molecule has 1 aromatic carbocycles. The van der Waals surface area contributed by atoms with E-state index in [2.05, 4.69) is 31.3 Å². The van der Waals surface area contributed by atoms with Gasteiger partial charge in [0.2, 0.25) is 5.91 Å². The molecule has 21 heavy (non-hydrogen) atoms. The Bertz CT molecular complexity index is 432. The van der Waals surface area contributed by atoms with Crippen LogP contribution in [0.15, 0.2) is 30.3 Å². The second-order valence-corrected chi connectivity index (χ2v) is 6.84. The van der Waals surface area contributed by atoms with Crippen molar-refractivity contribution in [2.24, 2.45) is 0 Å². The monoisotopic (exact) mass is 306 g/mol. The van der Waals surface area contributed by atoms with E-state index >= 15 is 0 Å². The van der Waals surface area contributed by atoms with Crippen LogP contribution in [0.4, 0.5) is 0 Å².